The predicted octanol–water partition coefficient (Wildman–Crippen LogP) is 0.230. The first kappa shape index (κ1) is 16.3. The smallest absolute Gasteiger partial charge is 0.305 e. The van der Waals surface area contributed by atoms with Crippen LogP contribution in [-0.4, -0.2) is 66.4 Å². The SMILES string of the molecule is CS(=O)(=O)CCCC(=O)N1CCSCC1CC(=O)O. The van der Waals surface area contributed by atoms with Gasteiger partial charge in [0, 0.05) is 30.7 Å². The summed E-state index contributed by atoms with van der Waals surface area (Å²) < 4.78 is 22.0. The normalized spacial score (nSPS) is 20.3. The first-order chi connectivity index (χ1) is 8.79. The van der Waals surface area contributed by atoms with Crippen LogP contribution < -0.4 is 0 Å². The summed E-state index contributed by atoms with van der Waals surface area (Å²) in [4.78, 5) is 24.3. The van der Waals surface area contributed by atoms with Crippen LogP contribution >= 0.6 is 11.8 Å². The number of hydrogen-bond acceptors (Lipinski definition) is 5. The van der Waals surface area contributed by atoms with Crippen molar-refractivity contribution >= 4 is 33.5 Å². The van der Waals surface area contributed by atoms with E-state index in [9.17, 15) is 18.0 Å². The van der Waals surface area contributed by atoms with Crippen LogP contribution in [0.2, 0.25) is 0 Å². The predicted molar refractivity (Wildman–Crippen MR) is 74.0 cm³/mol. The van der Waals surface area contributed by atoms with Crippen molar-refractivity contribution in [2.45, 2.75) is 25.3 Å². The van der Waals surface area contributed by atoms with Crippen LogP contribution in [0.15, 0.2) is 0 Å². The molecule has 8 heteroatoms. The van der Waals surface area contributed by atoms with Crippen molar-refractivity contribution in [3.8, 4) is 0 Å². The third kappa shape index (κ3) is 6.29. The number of sulfone groups is 1. The summed E-state index contributed by atoms with van der Waals surface area (Å²) in [6.45, 7) is 0.542. The lowest BCUT2D eigenvalue weighted by molar-refractivity contribution is -0.140. The lowest BCUT2D eigenvalue weighted by atomic mass is 10.1. The summed E-state index contributed by atoms with van der Waals surface area (Å²) in [5, 5.41) is 8.82. The van der Waals surface area contributed by atoms with E-state index in [1.807, 2.05) is 0 Å². The van der Waals surface area contributed by atoms with Gasteiger partial charge >= 0.3 is 5.97 Å². The molecule has 1 rings (SSSR count). The van der Waals surface area contributed by atoms with Gasteiger partial charge in [-0.3, -0.25) is 9.59 Å². The number of thioether (sulfide) groups is 1. The topological polar surface area (TPSA) is 91.8 Å². The molecule has 0 aromatic heterocycles. The van der Waals surface area contributed by atoms with Gasteiger partial charge in [-0.15, -0.1) is 0 Å². The van der Waals surface area contributed by atoms with Crippen LogP contribution in [0, 0.1) is 0 Å². The first-order valence-corrected chi connectivity index (χ1v) is 9.28. The summed E-state index contributed by atoms with van der Waals surface area (Å²) in [6, 6.07) is -0.276. The van der Waals surface area contributed by atoms with Crippen LogP contribution in [0.25, 0.3) is 0 Å². The number of carbonyl (C=O) groups is 2. The molecule has 0 radical (unpaired) electrons. The summed E-state index contributed by atoms with van der Waals surface area (Å²) in [5.74, 6) is 0.361. The molecule has 0 spiro atoms. The number of hydrogen-bond donors (Lipinski definition) is 1. The summed E-state index contributed by atoms with van der Waals surface area (Å²) in [6.07, 6.45) is 1.54. The highest BCUT2D eigenvalue weighted by molar-refractivity contribution is 7.99. The third-order valence-corrected chi connectivity index (χ3v) is 4.99. The van der Waals surface area contributed by atoms with Gasteiger partial charge in [-0.1, -0.05) is 0 Å². The van der Waals surface area contributed by atoms with Gasteiger partial charge in [0.15, 0.2) is 0 Å². The lowest BCUT2D eigenvalue weighted by Gasteiger charge is -2.34. The Labute approximate surface area is 117 Å². The van der Waals surface area contributed by atoms with Crippen LogP contribution in [0.1, 0.15) is 19.3 Å². The van der Waals surface area contributed by atoms with Crippen LogP contribution in [0.3, 0.4) is 0 Å². The van der Waals surface area contributed by atoms with E-state index in [2.05, 4.69) is 0 Å². The average Bonchev–Trinajstić information content (AvgIpc) is 2.27. The largest absolute Gasteiger partial charge is 0.481 e. The van der Waals surface area contributed by atoms with E-state index < -0.39 is 15.8 Å². The van der Waals surface area contributed by atoms with Gasteiger partial charge in [-0.25, -0.2) is 8.42 Å². The second-order valence-corrected chi connectivity index (χ2v) is 8.06. The minimum atomic E-state index is -3.05. The molecule has 1 aliphatic heterocycles. The molecule has 1 N–H and O–H groups in total. The van der Waals surface area contributed by atoms with E-state index in [1.165, 1.54) is 0 Å². The van der Waals surface area contributed by atoms with E-state index in [-0.39, 0.29) is 30.5 Å². The van der Waals surface area contributed by atoms with Gasteiger partial charge in [0.25, 0.3) is 0 Å². The highest BCUT2D eigenvalue weighted by Gasteiger charge is 2.28. The molecule has 1 saturated heterocycles. The Morgan fingerprint density at radius 3 is 2.68 bits per heavy atom. The van der Waals surface area contributed by atoms with Gasteiger partial charge in [-0.2, -0.15) is 11.8 Å². The first-order valence-electron chi connectivity index (χ1n) is 6.06. The van der Waals surface area contributed by atoms with Gasteiger partial charge in [0.2, 0.25) is 5.91 Å². The molecule has 110 valence electrons. The van der Waals surface area contributed by atoms with Gasteiger partial charge in [0.05, 0.1) is 18.2 Å². The second kappa shape index (κ2) is 7.14. The van der Waals surface area contributed by atoms with E-state index in [1.54, 1.807) is 16.7 Å². The molecular weight excluding hydrogens is 290 g/mol. The zero-order valence-electron chi connectivity index (χ0n) is 10.9. The van der Waals surface area contributed by atoms with Crippen molar-refractivity contribution in [2.75, 3.05) is 30.1 Å². The van der Waals surface area contributed by atoms with Crippen molar-refractivity contribution in [1.82, 2.24) is 4.90 Å². The molecule has 1 atom stereocenters. The Kier molecular flexibility index (Phi) is 6.12. The monoisotopic (exact) mass is 309 g/mol. The van der Waals surface area contributed by atoms with Crippen LogP contribution in [-0.2, 0) is 19.4 Å². The Hall–Kier alpha value is -0.760. The fourth-order valence-electron chi connectivity index (χ4n) is 1.98. The molecule has 1 fully saturated rings. The van der Waals surface area contributed by atoms with Crippen LogP contribution in [0.4, 0.5) is 0 Å². The number of carbonyl (C=O) groups excluding carboxylic acids is 1. The number of rotatable bonds is 6. The van der Waals surface area contributed by atoms with Gasteiger partial charge in [-0.05, 0) is 6.42 Å². The maximum absolute atomic E-state index is 12.0. The molecule has 0 saturated carbocycles. The average molecular weight is 309 g/mol. The number of nitrogens with zero attached hydrogens (tertiary/aromatic N) is 1. The fraction of sp³-hybridized carbons (Fsp3) is 0.818. The second-order valence-electron chi connectivity index (χ2n) is 4.65. The van der Waals surface area contributed by atoms with E-state index in [0.29, 0.717) is 18.7 Å². The third-order valence-electron chi connectivity index (χ3n) is 2.86. The fourth-order valence-corrected chi connectivity index (χ4v) is 3.71. The molecule has 19 heavy (non-hydrogen) atoms. The highest BCUT2D eigenvalue weighted by atomic mass is 32.2. The van der Waals surface area contributed by atoms with Gasteiger partial charge < -0.3 is 10.0 Å². The van der Waals surface area contributed by atoms with Crippen molar-refractivity contribution in [3.05, 3.63) is 0 Å². The van der Waals surface area contributed by atoms with Crippen molar-refractivity contribution in [2.24, 2.45) is 0 Å². The lowest BCUT2D eigenvalue weighted by Crippen LogP contribution is -2.47. The molecule has 0 aromatic rings. The Balaban J connectivity index is 2.50. The molecule has 0 aromatic carbocycles. The van der Waals surface area contributed by atoms with Crippen molar-refractivity contribution in [3.63, 3.8) is 0 Å². The Morgan fingerprint density at radius 1 is 1.42 bits per heavy atom. The maximum Gasteiger partial charge on any atom is 0.305 e. The molecule has 0 bridgehead atoms. The quantitative estimate of drug-likeness (QED) is 0.755. The van der Waals surface area contributed by atoms with E-state index in [0.717, 1.165) is 12.0 Å². The summed E-state index contributed by atoms with van der Waals surface area (Å²) in [5.41, 5.74) is 0. The zero-order valence-corrected chi connectivity index (χ0v) is 12.5. The van der Waals surface area contributed by atoms with Crippen LogP contribution in [0.5, 0.6) is 0 Å². The molecule has 1 aliphatic rings. The Morgan fingerprint density at radius 2 is 2.11 bits per heavy atom. The molecule has 1 heterocycles. The van der Waals surface area contributed by atoms with Gasteiger partial charge in [0.1, 0.15) is 9.84 Å². The number of carboxylic acid groups (broad SMARTS) is 1. The molecule has 0 aliphatic carbocycles. The number of amides is 1. The molecule has 1 amide bonds. The van der Waals surface area contributed by atoms with E-state index in [4.69, 9.17) is 5.11 Å². The molecular formula is C11H19NO5S2. The summed E-state index contributed by atoms with van der Waals surface area (Å²) in [7, 11) is -3.05. The standard InChI is InChI=1S/C11H19NO5S2/c1-19(16,17)6-2-3-10(13)12-4-5-18-8-9(12)7-11(14)15/h9H,2-8H2,1H3,(H,14,15). The maximum atomic E-state index is 12.0. The molecule has 1 unspecified atom stereocenters. The zero-order chi connectivity index (χ0) is 14.5. The van der Waals surface area contributed by atoms with Crippen molar-refractivity contribution < 1.29 is 23.1 Å². The Bertz CT molecular complexity index is 434. The highest BCUT2D eigenvalue weighted by Crippen LogP contribution is 2.20. The van der Waals surface area contributed by atoms with Crippen molar-refractivity contribution in [1.29, 1.82) is 0 Å². The number of aliphatic carboxylic acids is 1. The number of carboxylic acids is 1. The summed E-state index contributed by atoms with van der Waals surface area (Å²) >= 11 is 1.64. The minimum absolute atomic E-state index is 0.00900. The minimum Gasteiger partial charge on any atom is -0.481 e. The van der Waals surface area contributed by atoms with E-state index >= 15 is 0 Å². The molecule has 6 nitrogen and oxygen atoms in total.